The van der Waals surface area contributed by atoms with E-state index in [1.165, 1.54) is 17.0 Å². The van der Waals surface area contributed by atoms with Crippen LogP contribution in [0, 0.1) is 6.92 Å². The van der Waals surface area contributed by atoms with Crippen LogP contribution in [-0.2, 0) is 26.2 Å². The highest BCUT2D eigenvalue weighted by atomic mass is 32.2. The normalized spacial score (nSPS) is 14.5. The maximum atomic E-state index is 14.2. The zero-order valence-electron chi connectivity index (χ0n) is 24.7. The van der Waals surface area contributed by atoms with E-state index in [1.807, 2.05) is 50.2 Å². The summed E-state index contributed by atoms with van der Waals surface area (Å²) in [5, 5.41) is 3.17. The lowest BCUT2D eigenvalue weighted by molar-refractivity contribution is -0.140. The Labute approximate surface area is 249 Å². The average Bonchev–Trinajstić information content (AvgIpc) is 3.01. The Morgan fingerprint density at radius 2 is 1.64 bits per heavy atom. The van der Waals surface area contributed by atoms with Gasteiger partial charge in [0, 0.05) is 12.6 Å². The summed E-state index contributed by atoms with van der Waals surface area (Å²) in [6, 6.07) is 21.7. The molecule has 1 aliphatic carbocycles. The Kier molecular flexibility index (Phi) is 10.6. The topological polar surface area (TPSA) is 96.0 Å². The van der Waals surface area contributed by atoms with E-state index >= 15 is 0 Å². The van der Waals surface area contributed by atoms with Crippen LogP contribution >= 0.6 is 0 Å². The van der Waals surface area contributed by atoms with Gasteiger partial charge in [-0.15, -0.1) is 0 Å². The van der Waals surface area contributed by atoms with E-state index in [2.05, 4.69) is 5.32 Å². The first-order chi connectivity index (χ1) is 20.2. The molecule has 1 saturated carbocycles. The van der Waals surface area contributed by atoms with Crippen molar-refractivity contribution in [2.24, 2.45) is 0 Å². The number of benzene rings is 3. The first-order valence-electron chi connectivity index (χ1n) is 14.6. The van der Waals surface area contributed by atoms with E-state index in [9.17, 15) is 18.0 Å². The zero-order chi connectivity index (χ0) is 30.1. The molecule has 224 valence electrons. The minimum absolute atomic E-state index is 0.0802. The summed E-state index contributed by atoms with van der Waals surface area (Å²) in [5.41, 5.74) is 2.12. The van der Waals surface area contributed by atoms with Crippen molar-refractivity contribution in [1.29, 1.82) is 0 Å². The fourth-order valence-electron chi connectivity index (χ4n) is 5.39. The van der Waals surface area contributed by atoms with Crippen molar-refractivity contribution in [1.82, 2.24) is 10.2 Å². The lowest BCUT2D eigenvalue weighted by atomic mass is 9.95. The maximum Gasteiger partial charge on any atom is 0.264 e. The summed E-state index contributed by atoms with van der Waals surface area (Å²) >= 11 is 0. The molecule has 4 rings (SSSR count). The van der Waals surface area contributed by atoms with E-state index in [-0.39, 0.29) is 23.4 Å². The Bertz CT molecular complexity index is 1440. The molecule has 0 heterocycles. The summed E-state index contributed by atoms with van der Waals surface area (Å²) in [6.45, 7) is 3.45. The van der Waals surface area contributed by atoms with Crippen molar-refractivity contribution in [2.75, 3.05) is 18.0 Å². The van der Waals surface area contributed by atoms with Gasteiger partial charge in [0.15, 0.2) is 0 Å². The number of ether oxygens (including phenoxy) is 1. The second-order valence-corrected chi connectivity index (χ2v) is 12.7. The Hall–Kier alpha value is -3.85. The van der Waals surface area contributed by atoms with Gasteiger partial charge in [0.1, 0.15) is 18.3 Å². The number of rotatable bonds is 12. The number of hydrogen-bond acceptors (Lipinski definition) is 5. The molecule has 1 aliphatic rings. The van der Waals surface area contributed by atoms with Crippen LogP contribution in [-0.4, -0.2) is 50.9 Å². The standard InChI is InChI=1S/C33H41N3O5S/c1-4-31(33(38)34-27-13-7-5-8-14-27)35(23-26-12-11-15-29(22-26)41-3)32(37)24-36(28-20-18-25(2)19-21-28)42(39,40)30-16-9-6-10-17-30/h6,9-12,15-22,27,31H,4-5,7-8,13-14,23-24H2,1-3H3,(H,34,38)/t31-/m0/s1. The van der Waals surface area contributed by atoms with Gasteiger partial charge in [-0.1, -0.05) is 74.2 Å². The van der Waals surface area contributed by atoms with Gasteiger partial charge in [-0.05, 0) is 68.1 Å². The second kappa shape index (κ2) is 14.4. The molecule has 0 aliphatic heterocycles. The van der Waals surface area contributed by atoms with Crippen LogP contribution in [0.15, 0.2) is 83.8 Å². The average molecular weight is 592 g/mol. The van der Waals surface area contributed by atoms with E-state index in [4.69, 9.17) is 4.74 Å². The highest BCUT2D eigenvalue weighted by Crippen LogP contribution is 2.26. The van der Waals surface area contributed by atoms with Crippen molar-refractivity contribution in [3.05, 3.63) is 90.0 Å². The molecule has 1 atom stereocenters. The molecule has 0 spiro atoms. The van der Waals surface area contributed by atoms with Gasteiger partial charge in [0.05, 0.1) is 17.7 Å². The summed E-state index contributed by atoms with van der Waals surface area (Å²) in [5.74, 6) is -0.0514. The molecule has 0 bridgehead atoms. The Balaban J connectivity index is 1.70. The molecule has 1 N–H and O–H groups in total. The van der Waals surface area contributed by atoms with Crippen molar-refractivity contribution in [3.63, 3.8) is 0 Å². The first kappa shape index (κ1) is 31.1. The van der Waals surface area contributed by atoms with Gasteiger partial charge in [-0.3, -0.25) is 13.9 Å². The number of methoxy groups -OCH3 is 1. The van der Waals surface area contributed by atoms with Crippen molar-refractivity contribution < 1.29 is 22.7 Å². The second-order valence-electron chi connectivity index (χ2n) is 10.8. The Morgan fingerprint density at radius 3 is 2.29 bits per heavy atom. The number of nitrogens with one attached hydrogen (secondary N) is 1. The minimum Gasteiger partial charge on any atom is -0.497 e. The molecule has 0 saturated heterocycles. The lowest BCUT2D eigenvalue weighted by Crippen LogP contribution is -2.54. The predicted molar refractivity (Wildman–Crippen MR) is 165 cm³/mol. The van der Waals surface area contributed by atoms with Crippen molar-refractivity contribution in [3.8, 4) is 5.75 Å². The van der Waals surface area contributed by atoms with Crippen LogP contribution in [0.1, 0.15) is 56.6 Å². The fraction of sp³-hybridized carbons (Fsp3) is 0.394. The smallest absolute Gasteiger partial charge is 0.264 e. The van der Waals surface area contributed by atoms with E-state index in [0.29, 0.717) is 17.9 Å². The van der Waals surface area contributed by atoms with Crippen LogP contribution in [0.25, 0.3) is 0 Å². The summed E-state index contributed by atoms with van der Waals surface area (Å²) in [4.78, 5) is 29.5. The monoisotopic (exact) mass is 591 g/mol. The summed E-state index contributed by atoms with van der Waals surface area (Å²) in [6.07, 6.45) is 5.51. The van der Waals surface area contributed by atoms with Crippen LogP contribution < -0.4 is 14.4 Å². The third kappa shape index (κ3) is 7.70. The molecule has 3 aromatic rings. The molecule has 3 aromatic carbocycles. The molecule has 9 heteroatoms. The quantitative estimate of drug-likeness (QED) is 0.302. The highest BCUT2D eigenvalue weighted by Gasteiger charge is 2.34. The molecule has 0 radical (unpaired) electrons. The van der Waals surface area contributed by atoms with Crippen molar-refractivity contribution in [2.45, 2.75) is 75.9 Å². The number of sulfonamides is 1. The minimum atomic E-state index is -4.09. The predicted octanol–water partition coefficient (Wildman–Crippen LogP) is 5.46. The molecular formula is C33H41N3O5S. The zero-order valence-corrected chi connectivity index (χ0v) is 25.5. The number of hydrogen-bond donors (Lipinski definition) is 1. The van der Waals surface area contributed by atoms with Gasteiger partial charge in [0.25, 0.3) is 10.0 Å². The van der Waals surface area contributed by atoms with Crippen LogP contribution in [0.3, 0.4) is 0 Å². The Morgan fingerprint density at radius 1 is 0.952 bits per heavy atom. The molecule has 0 unspecified atom stereocenters. The molecular weight excluding hydrogens is 550 g/mol. The van der Waals surface area contributed by atoms with E-state index in [1.54, 1.807) is 37.4 Å². The van der Waals surface area contributed by atoms with E-state index < -0.39 is 28.5 Å². The number of aryl methyl sites for hydroxylation is 1. The molecule has 1 fully saturated rings. The van der Waals surface area contributed by atoms with Gasteiger partial charge >= 0.3 is 0 Å². The van der Waals surface area contributed by atoms with Gasteiger partial charge in [0.2, 0.25) is 11.8 Å². The maximum absolute atomic E-state index is 14.2. The number of amides is 2. The van der Waals surface area contributed by atoms with Gasteiger partial charge < -0.3 is 15.0 Å². The summed E-state index contributed by atoms with van der Waals surface area (Å²) < 4.78 is 34.3. The number of anilines is 1. The molecule has 2 amide bonds. The van der Waals surface area contributed by atoms with Crippen LogP contribution in [0.4, 0.5) is 5.69 Å². The third-order valence-electron chi connectivity index (χ3n) is 7.76. The first-order valence-corrected chi connectivity index (χ1v) is 16.0. The van der Waals surface area contributed by atoms with Crippen LogP contribution in [0.2, 0.25) is 0 Å². The van der Waals surface area contributed by atoms with E-state index in [0.717, 1.165) is 47.5 Å². The lowest BCUT2D eigenvalue weighted by Gasteiger charge is -2.34. The molecule has 0 aromatic heterocycles. The summed E-state index contributed by atoms with van der Waals surface area (Å²) in [7, 11) is -2.52. The number of nitrogens with zero attached hydrogens (tertiary/aromatic N) is 2. The third-order valence-corrected chi connectivity index (χ3v) is 9.54. The van der Waals surface area contributed by atoms with Crippen molar-refractivity contribution >= 4 is 27.5 Å². The number of carbonyl (C=O) groups is 2. The SMILES string of the molecule is CC[C@@H](C(=O)NC1CCCCC1)N(Cc1cccc(OC)c1)C(=O)CN(c1ccc(C)cc1)S(=O)(=O)c1ccccc1. The highest BCUT2D eigenvalue weighted by molar-refractivity contribution is 7.92. The number of carbonyl (C=O) groups excluding carboxylic acids is 2. The van der Waals surface area contributed by atoms with Gasteiger partial charge in [-0.2, -0.15) is 0 Å². The van der Waals surface area contributed by atoms with Gasteiger partial charge in [-0.25, -0.2) is 8.42 Å². The largest absolute Gasteiger partial charge is 0.497 e. The fourth-order valence-corrected chi connectivity index (χ4v) is 6.83. The molecule has 42 heavy (non-hydrogen) atoms. The molecule has 8 nitrogen and oxygen atoms in total. The van der Waals surface area contributed by atoms with Crippen LogP contribution in [0.5, 0.6) is 5.75 Å².